The molecule has 1 N–H and O–H groups in total. The second-order valence-corrected chi connectivity index (χ2v) is 5.57. The standard InChI is InChI=1S/C15H14N2O4S/c1-20-11-5-2-4-10(8-11)12(18)9-17-15(19)21-14(16-17)13-6-3-7-22-13/h2-8,12,18H,9H2,1H3. The Hall–Kier alpha value is -2.38. The molecule has 0 fully saturated rings. The SMILES string of the molecule is COc1cccc(C(O)Cn2nc(-c3cccs3)oc2=O)c1. The molecule has 7 heteroatoms. The molecule has 1 atom stereocenters. The fourth-order valence-electron chi connectivity index (χ4n) is 2.04. The van der Waals surface area contributed by atoms with Crippen molar-refractivity contribution >= 4 is 11.3 Å². The molecule has 1 aromatic carbocycles. The minimum atomic E-state index is -0.880. The summed E-state index contributed by atoms with van der Waals surface area (Å²) in [5.41, 5.74) is 0.645. The summed E-state index contributed by atoms with van der Waals surface area (Å²) in [6.45, 7) is 0.0148. The summed E-state index contributed by atoms with van der Waals surface area (Å²) in [6, 6.07) is 10.7. The Labute approximate surface area is 130 Å². The van der Waals surface area contributed by atoms with Crippen LogP contribution >= 0.6 is 11.3 Å². The molecule has 0 aliphatic heterocycles. The van der Waals surface area contributed by atoms with Crippen LogP contribution in [0.5, 0.6) is 5.75 Å². The number of aliphatic hydroxyl groups is 1. The monoisotopic (exact) mass is 318 g/mol. The van der Waals surface area contributed by atoms with Crippen LogP contribution in [0.3, 0.4) is 0 Å². The first-order valence-electron chi connectivity index (χ1n) is 6.61. The number of ether oxygens (including phenoxy) is 1. The van der Waals surface area contributed by atoms with Crippen LogP contribution in [-0.4, -0.2) is 22.0 Å². The lowest BCUT2D eigenvalue weighted by molar-refractivity contribution is 0.148. The van der Waals surface area contributed by atoms with Gasteiger partial charge in [0.1, 0.15) is 5.75 Å². The van der Waals surface area contributed by atoms with Gasteiger partial charge in [0.05, 0.1) is 24.6 Å². The van der Waals surface area contributed by atoms with Crippen LogP contribution in [0.1, 0.15) is 11.7 Å². The van der Waals surface area contributed by atoms with Crippen LogP contribution in [-0.2, 0) is 6.54 Å². The normalized spacial score (nSPS) is 12.3. The van der Waals surface area contributed by atoms with Crippen molar-refractivity contribution in [1.29, 1.82) is 0 Å². The molecule has 3 aromatic rings. The average molecular weight is 318 g/mol. The van der Waals surface area contributed by atoms with Gasteiger partial charge in [0.2, 0.25) is 0 Å². The number of methoxy groups -OCH3 is 1. The first kappa shape index (κ1) is 14.6. The highest BCUT2D eigenvalue weighted by atomic mass is 32.1. The largest absolute Gasteiger partial charge is 0.497 e. The maximum Gasteiger partial charge on any atom is 0.437 e. The van der Waals surface area contributed by atoms with Crippen molar-refractivity contribution < 1.29 is 14.3 Å². The van der Waals surface area contributed by atoms with E-state index in [2.05, 4.69) is 5.10 Å². The van der Waals surface area contributed by atoms with Gasteiger partial charge in [-0.2, -0.15) is 4.68 Å². The van der Waals surface area contributed by atoms with Gasteiger partial charge in [0.25, 0.3) is 5.89 Å². The molecule has 114 valence electrons. The number of thiophene rings is 1. The molecular formula is C15H14N2O4S. The zero-order chi connectivity index (χ0) is 15.5. The molecule has 2 heterocycles. The quantitative estimate of drug-likeness (QED) is 0.781. The Balaban J connectivity index is 1.82. The highest BCUT2D eigenvalue weighted by Gasteiger charge is 2.16. The third kappa shape index (κ3) is 2.95. The van der Waals surface area contributed by atoms with Crippen LogP contribution in [0, 0.1) is 0 Å². The summed E-state index contributed by atoms with van der Waals surface area (Å²) in [5, 5.41) is 16.3. The first-order valence-corrected chi connectivity index (χ1v) is 7.49. The van der Waals surface area contributed by atoms with Gasteiger partial charge in [-0.15, -0.1) is 16.4 Å². The summed E-state index contributed by atoms with van der Waals surface area (Å²) in [4.78, 5) is 12.6. The molecule has 6 nitrogen and oxygen atoms in total. The van der Waals surface area contributed by atoms with Gasteiger partial charge in [-0.05, 0) is 29.1 Å². The van der Waals surface area contributed by atoms with Gasteiger partial charge >= 0.3 is 5.76 Å². The van der Waals surface area contributed by atoms with Crippen molar-refractivity contribution in [2.24, 2.45) is 0 Å². The Morgan fingerprint density at radius 3 is 3.00 bits per heavy atom. The van der Waals surface area contributed by atoms with Crippen LogP contribution < -0.4 is 10.5 Å². The minimum Gasteiger partial charge on any atom is -0.497 e. The van der Waals surface area contributed by atoms with Crippen LogP contribution in [0.2, 0.25) is 0 Å². The predicted molar refractivity (Wildman–Crippen MR) is 82.0 cm³/mol. The van der Waals surface area contributed by atoms with Crippen LogP contribution in [0.15, 0.2) is 51.0 Å². The number of nitrogens with zero attached hydrogens (tertiary/aromatic N) is 2. The molecule has 0 bridgehead atoms. The van der Waals surface area contributed by atoms with Gasteiger partial charge < -0.3 is 14.3 Å². The lowest BCUT2D eigenvalue weighted by Gasteiger charge is -2.11. The molecule has 0 radical (unpaired) electrons. The fraction of sp³-hybridized carbons (Fsp3) is 0.200. The Bertz CT molecular complexity index is 807. The summed E-state index contributed by atoms with van der Waals surface area (Å²) in [7, 11) is 1.56. The van der Waals surface area contributed by atoms with Gasteiger partial charge in [-0.1, -0.05) is 18.2 Å². The maximum atomic E-state index is 11.8. The molecule has 0 aliphatic rings. The molecule has 1 unspecified atom stereocenters. The van der Waals surface area contributed by atoms with Gasteiger partial charge in [0, 0.05) is 0 Å². The fourth-order valence-corrected chi connectivity index (χ4v) is 2.68. The van der Waals surface area contributed by atoms with Gasteiger partial charge in [-0.3, -0.25) is 0 Å². The van der Waals surface area contributed by atoms with Crippen LogP contribution in [0.4, 0.5) is 0 Å². The van der Waals surface area contributed by atoms with E-state index in [1.165, 1.54) is 11.3 Å². The smallest absolute Gasteiger partial charge is 0.437 e. The second-order valence-electron chi connectivity index (χ2n) is 4.62. The number of aromatic nitrogens is 2. The molecule has 0 spiro atoms. The van der Waals surface area contributed by atoms with E-state index >= 15 is 0 Å². The van der Waals surface area contributed by atoms with Crippen molar-refractivity contribution in [3.8, 4) is 16.5 Å². The van der Waals surface area contributed by atoms with Crippen LogP contribution in [0.25, 0.3) is 10.8 Å². The number of hydrogen-bond acceptors (Lipinski definition) is 6. The summed E-state index contributed by atoms with van der Waals surface area (Å²) in [6.07, 6.45) is -0.880. The zero-order valence-electron chi connectivity index (χ0n) is 11.8. The number of aliphatic hydroxyl groups excluding tert-OH is 1. The summed E-state index contributed by atoms with van der Waals surface area (Å²) in [5.74, 6) is 0.312. The lowest BCUT2D eigenvalue weighted by Crippen LogP contribution is -2.20. The van der Waals surface area contributed by atoms with E-state index in [4.69, 9.17) is 9.15 Å². The van der Waals surface area contributed by atoms with E-state index in [-0.39, 0.29) is 12.4 Å². The second kappa shape index (κ2) is 6.17. The van der Waals surface area contributed by atoms with Gasteiger partial charge in [0.15, 0.2) is 0 Å². The molecule has 0 saturated carbocycles. The molecule has 0 amide bonds. The Morgan fingerprint density at radius 1 is 1.41 bits per heavy atom. The van der Waals surface area contributed by atoms with Crippen molar-refractivity contribution in [2.75, 3.05) is 7.11 Å². The van der Waals surface area contributed by atoms with E-state index in [1.54, 1.807) is 31.4 Å². The zero-order valence-corrected chi connectivity index (χ0v) is 12.6. The third-order valence-electron chi connectivity index (χ3n) is 3.16. The molecule has 2 aromatic heterocycles. The molecule has 22 heavy (non-hydrogen) atoms. The maximum absolute atomic E-state index is 11.8. The van der Waals surface area contributed by atoms with Crippen molar-refractivity contribution in [1.82, 2.24) is 9.78 Å². The molecule has 3 rings (SSSR count). The van der Waals surface area contributed by atoms with Crippen molar-refractivity contribution in [3.05, 3.63) is 57.9 Å². The summed E-state index contributed by atoms with van der Waals surface area (Å²) >= 11 is 1.43. The highest BCUT2D eigenvalue weighted by molar-refractivity contribution is 7.13. The van der Waals surface area contributed by atoms with E-state index in [0.29, 0.717) is 11.3 Å². The van der Waals surface area contributed by atoms with Crippen molar-refractivity contribution in [3.63, 3.8) is 0 Å². The van der Waals surface area contributed by atoms with E-state index < -0.39 is 11.9 Å². The van der Waals surface area contributed by atoms with E-state index in [1.807, 2.05) is 17.5 Å². The van der Waals surface area contributed by atoms with E-state index in [9.17, 15) is 9.90 Å². The van der Waals surface area contributed by atoms with Crippen molar-refractivity contribution in [2.45, 2.75) is 12.6 Å². The minimum absolute atomic E-state index is 0.0148. The number of rotatable bonds is 5. The van der Waals surface area contributed by atoms with Gasteiger partial charge in [-0.25, -0.2) is 4.79 Å². The lowest BCUT2D eigenvalue weighted by atomic mass is 10.1. The van der Waals surface area contributed by atoms with E-state index in [0.717, 1.165) is 9.56 Å². The number of benzene rings is 1. The third-order valence-corrected chi connectivity index (χ3v) is 4.02. The molecular weight excluding hydrogens is 304 g/mol. The topological polar surface area (TPSA) is 77.5 Å². The predicted octanol–water partition coefficient (Wildman–Crippen LogP) is 2.31. The summed E-state index contributed by atoms with van der Waals surface area (Å²) < 4.78 is 11.4. The molecule has 0 saturated heterocycles. The Kier molecular flexibility index (Phi) is 4.08. The molecule has 0 aliphatic carbocycles. The first-order chi connectivity index (χ1) is 10.7. The highest BCUT2D eigenvalue weighted by Crippen LogP contribution is 2.23. The number of hydrogen-bond donors (Lipinski definition) is 1. The Morgan fingerprint density at radius 2 is 2.27 bits per heavy atom. The average Bonchev–Trinajstić information content (AvgIpc) is 3.18.